The number of aliphatic hydroxyl groups is 1. The van der Waals surface area contributed by atoms with E-state index in [9.17, 15) is 33.9 Å². The number of hydrogen-bond acceptors (Lipinski definition) is 18. The first-order chi connectivity index (χ1) is 21.6. The topological polar surface area (TPSA) is 316 Å². The van der Waals surface area contributed by atoms with Crippen molar-refractivity contribution in [3.63, 3.8) is 0 Å². The van der Waals surface area contributed by atoms with Crippen molar-refractivity contribution in [2.45, 2.75) is 49.1 Å². The van der Waals surface area contributed by atoms with Crippen LogP contribution in [-0.4, -0.2) is 108 Å². The number of nitrogens with one attached hydrogen (secondary N) is 1. The molecule has 22 nitrogen and oxygen atoms in total. The number of phosphoric ester groups is 1. The van der Waals surface area contributed by atoms with Crippen LogP contribution < -0.4 is 27.6 Å². The van der Waals surface area contributed by atoms with Crippen molar-refractivity contribution in [1.29, 1.82) is 0 Å². The normalized spacial score (nSPS) is 29.8. The Morgan fingerprint density at radius 2 is 1.70 bits per heavy atom. The second-order valence-corrected chi connectivity index (χ2v) is 13.9. The number of anilines is 2. The van der Waals surface area contributed by atoms with E-state index >= 15 is 0 Å². The van der Waals surface area contributed by atoms with Gasteiger partial charge < -0.3 is 59.2 Å². The van der Waals surface area contributed by atoms with Crippen molar-refractivity contribution in [1.82, 2.24) is 29.1 Å². The molecule has 0 saturated carbocycles. The number of nitrogen functional groups attached to an aromatic ring is 2. The smallest absolute Gasteiger partial charge is 0.469 e. The van der Waals surface area contributed by atoms with E-state index in [1.54, 1.807) is 0 Å². The molecule has 25 heteroatoms. The third-order valence-electron chi connectivity index (χ3n) is 7.04. The summed E-state index contributed by atoms with van der Waals surface area (Å²) in [6.45, 7) is -5.90. The van der Waals surface area contributed by atoms with Crippen LogP contribution in [-0.2, 0) is 48.9 Å². The van der Waals surface area contributed by atoms with Crippen LogP contribution in [0, 0.1) is 0 Å². The molecule has 3 aromatic rings. The lowest BCUT2D eigenvalue weighted by atomic mass is 10.1. The van der Waals surface area contributed by atoms with Gasteiger partial charge in [-0.05, 0) is 6.07 Å². The summed E-state index contributed by atoms with van der Waals surface area (Å²) in [5, 5.41) is 10.8. The van der Waals surface area contributed by atoms with Crippen molar-refractivity contribution < 1.29 is 56.9 Å². The SMILES string of the molecule is CO[C@@H]1[C@H](OP([O-])(=S)OC[C@H]2O[C@@H](n3ccc(N)nc3=O)[C@H](O)[C@@H]2OC)[C@@H](COP(=O)(O)O)O[C@H]1n1cnc2c(=O)[nH]c(N)nc21. The molecule has 0 spiro atoms. The van der Waals surface area contributed by atoms with Gasteiger partial charge in [0.2, 0.25) is 5.95 Å². The summed E-state index contributed by atoms with van der Waals surface area (Å²) < 4.78 is 51.9. The molecule has 46 heavy (non-hydrogen) atoms. The van der Waals surface area contributed by atoms with E-state index in [-0.39, 0.29) is 22.9 Å². The summed E-state index contributed by atoms with van der Waals surface area (Å²) in [5.41, 5.74) is 9.60. The van der Waals surface area contributed by atoms with Gasteiger partial charge in [-0.2, -0.15) is 9.97 Å². The van der Waals surface area contributed by atoms with Crippen LogP contribution in [0.4, 0.5) is 11.8 Å². The summed E-state index contributed by atoms with van der Waals surface area (Å²) in [6.07, 6.45) is -7.75. The molecule has 2 fully saturated rings. The minimum Gasteiger partial charge on any atom is -0.780 e. The molecule has 0 amide bonds. The summed E-state index contributed by atoms with van der Waals surface area (Å²) in [4.78, 5) is 70.6. The number of imidazole rings is 1. The van der Waals surface area contributed by atoms with E-state index in [1.165, 1.54) is 37.4 Å². The first kappa shape index (κ1) is 34.6. The van der Waals surface area contributed by atoms with Crippen molar-refractivity contribution >= 4 is 49.3 Å². The highest BCUT2D eigenvalue weighted by molar-refractivity contribution is 8.06. The number of fused-ring (bicyclic) bond motifs is 1. The maximum absolute atomic E-state index is 13.5. The Morgan fingerprint density at radius 3 is 2.35 bits per heavy atom. The van der Waals surface area contributed by atoms with Crippen molar-refractivity contribution in [3.05, 3.63) is 39.4 Å². The number of aromatic nitrogens is 6. The number of methoxy groups -OCH3 is 2. The molecule has 8 N–H and O–H groups in total. The lowest BCUT2D eigenvalue weighted by Gasteiger charge is -2.34. The number of aromatic amines is 1. The number of ether oxygens (including phenoxy) is 4. The maximum Gasteiger partial charge on any atom is 0.469 e. The van der Waals surface area contributed by atoms with Crippen LogP contribution in [0.3, 0.4) is 0 Å². The molecular formula is C21H29N8O14P2S-. The first-order valence-corrected chi connectivity index (χ1v) is 17.2. The monoisotopic (exact) mass is 711 g/mol. The zero-order valence-corrected chi connectivity index (χ0v) is 26.4. The van der Waals surface area contributed by atoms with Crippen molar-refractivity contribution in [2.75, 3.05) is 38.9 Å². The Hall–Kier alpha value is -2.73. The summed E-state index contributed by atoms with van der Waals surface area (Å²) >= 11 is 5.11. The van der Waals surface area contributed by atoms with Gasteiger partial charge in [0.05, 0.1) is 19.5 Å². The number of rotatable bonds is 12. The Labute approximate surface area is 262 Å². The number of nitrogens with zero attached hydrogens (tertiary/aromatic N) is 5. The predicted molar refractivity (Wildman–Crippen MR) is 154 cm³/mol. The standard InChI is InChI=1S/C21H30N8O14P2S/c1-37-13-8(41-18(12(13)30)28-4-3-10(22)25-21(28)32)6-40-45(36,46)43-14-9(5-39-44(33,34)35)42-19(15(14)38-2)29-7-24-11-16(29)26-20(23)27-17(11)31/h3-4,7-9,12-15,18-19,30H,5-6H2,1-2H3,(H,36,46)(H2,22,25,32)(H2,33,34,35)(H3,23,26,27,31)/p-1/t8-,9-,12-,13-,14-,15-,18-,19-,45?/m1/s1. The van der Waals surface area contributed by atoms with Crippen molar-refractivity contribution in [3.8, 4) is 0 Å². The Balaban J connectivity index is 1.36. The fourth-order valence-corrected chi connectivity index (χ4v) is 6.85. The minimum absolute atomic E-state index is 0.0334. The number of H-pyrrole nitrogens is 1. The lowest BCUT2D eigenvalue weighted by Crippen LogP contribution is -2.39. The molecule has 0 aliphatic carbocycles. The molecule has 0 aromatic carbocycles. The Morgan fingerprint density at radius 1 is 1.04 bits per heavy atom. The number of aliphatic hydroxyl groups excluding tert-OH is 1. The van der Waals surface area contributed by atoms with E-state index in [1.807, 2.05) is 0 Å². The van der Waals surface area contributed by atoms with Gasteiger partial charge >= 0.3 is 13.5 Å². The second-order valence-electron chi connectivity index (χ2n) is 9.94. The zero-order valence-electron chi connectivity index (χ0n) is 23.8. The highest BCUT2D eigenvalue weighted by Crippen LogP contribution is 2.48. The van der Waals surface area contributed by atoms with Gasteiger partial charge in [-0.3, -0.25) is 23.4 Å². The van der Waals surface area contributed by atoms with Crippen molar-refractivity contribution in [2.24, 2.45) is 0 Å². The maximum atomic E-state index is 13.5. The second kappa shape index (κ2) is 13.4. The molecule has 254 valence electrons. The molecule has 5 rings (SSSR count). The third kappa shape index (κ3) is 7.22. The van der Waals surface area contributed by atoms with Crippen LogP contribution in [0.25, 0.3) is 11.2 Å². The van der Waals surface area contributed by atoms with Gasteiger partial charge in [0.25, 0.3) is 5.56 Å². The van der Waals surface area contributed by atoms with E-state index < -0.39 is 88.1 Å². The van der Waals surface area contributed by atoms with Crippen LogP contribution in [0.15, 0.2) is 28.2 Å². The van der Waals surface area contributed by atoms with Gasteiger partial charge in [0, 0.05) is 20.4 Å². The molecule has 2 aliphatic rings. The molecule has 5 heterocycles. The Kier molecular flexibility index (Phi) is 10.1. The molecule has 2 aliphatic heterocycles. The average molecular weight is 712 g/mol. The van der Waals surface area contributed by atoms with Crippen LogP contribution in [0.2, 0.25) is 0 Å². The van der Waals surface area contributed by atoms with E-state index in [0.29, 0.717) is 0 Å². The molecule has 9 atom stereocenters. The fourth-order valence-electron chi connectivity index (χ4n) is 5.08. The molecule has 3 aromatic heterocycles. The molecule has 0 radical (unpaired) electrons. The largest absolute Gasteiger partial charge is 0.780 e. The van der Waals surface area contributed by atoms with E-state index in [2.05, 4.69) is 24.5 Å². The fraction of sp³-hybridized carbons (Fsp3) is 0.571. The van der Waals surface area contributed by atoms with Crippen LogP contribution >= 0.6 is 14.5 Å². The van der Waals surface area contributed by atoms with Gasteiger partial charge in [-0.25, -0.2) is 14.3 Å². The van der Waals surface area contributed by atoms with Gasteiger partial charge in [-0.1, -0.05) is 11.8 Å². The molecular weight excluding hydrogens is 682 g/mol. The molecule has 1 unspecified atom stereocenters. The lowest BCUT2D eigenvalue weighted by molar-refractivity contribution is -0.218. The van der Waals surface area contributed by atoms with E-state index in [4.69, 9.17) is 51.3 Å². The zero-order chi connectivity index (χ0) is 33.6. The predicted octanol–water partition coefficient (Wildman–Crippen LogP) is -3.18. The average Bonchev–Trinajstić information content (AvgIpc) is 3.63. The van der Waals surface area contributed by atoms with Gasteiger partial charge in [-0.15, -0.1) is 0 Å². The number of hydrogen-bond donors (Lipinski definition) is 6. The highest BCUT2D eigenvalue weighted by atomic mass is 32.5. The quantitative estimate of drug-likeness (QED) is 0.101. The third-order valence-corrected chi connectivity index (χ3v) is 9.07. The number of phosphoric acid groups is 1. The molecule has 0 bridgehead atoms. The van der Waals surface area contributed by atoms with Crippen LogP contribution in [0.5, 0.6) is 0 Å². The summed E-state index contributed by atoms with van der Waals surface area (Å²) in [7, 11) is -2.52. The minimum atomic E-state index is -5.02. The first-order valence-electron chi connectivity index (χ1n) is 13.1. The molecule has 2 saturated heterocycles. The van der Waals surface area contributed by atoms with E-state index in [0.717, 1.165) is 4.57 Å². The number of nitrogens with two attached hydrogens (primary N) is 2. The van der Waals surface area contributed by atoms with Gasteiger partial charge in [0.1, 0.15) is 49.2 Å². The Bertz CT molecular complexity index is 1780. The van der Waals surface area contributed by atoms with Gasteiger partial charge in [0.15, 0.2) is 23.6 Å². The van der Waals surface area contributed by atoms with Crippen LogP contribution in [0.1, 0.15) is 12.5 Å². The highest BCUT2D eigenvalue weighted by Gasteiger charge is 2.50. The summed E-state index contributed by atoms with van der Waals surface area (Å²) in [6, 6.07) is 1.32. The summed E-state index contributed by atoms with van der Waals surface area (Å²) in [5.74, 6) is -0.286.